The lowest BCUT2D eigenvalue weighted by Gasteiger charge is -2.18. The molecule has 0 aliphatic carbocycles. The SMILES string of the molecule is O=c1ccn([C@@H]2O[C@H](COP(=O)(O)O)C(O)C2O)c(=O)n1Cc1ncc(-c2ccccc2)o1. The van der Waals surface area contributed by atoms with Crippen LogP contribution in [0.5, 0.6) is 0 Å². The second-order valence-corrected chi connectivity index (χ2v) is 8.49. The van der Waals surface area contributed by atoms with Crippen LogP contribution in [-0.2, 0) is 20.4 Å². The number of phosphoric ester groups is 1. The molecule has 3 heterocycles. The predicted octanol–water partition coefficient (Wildman–Crippen LogP) is -0.558. The molecule has 3 aromatic rings. The van der Waals surface area contributed by atoms with Crippen molar-refractivity contribution in [3.63, 3.8) is 0 Å². The second kappa shape index (κ2) is 9.15. The standard InChI is InChI=1S/C19H20N3O10P/c23-15-6-7-21(18-17(25)16(24)13(32-18)10-30-33(27,28)29)19(26)22(15)9-14-20-8-12(31-14)11-4-2-1-3-5-11/h1-8,13,16-18,24-25H,9-10H2,(H2,27,28,29)/t13-,16?,17?,18-/m1/s1. The summed E-state index contributed by atoms with van der Waals surface area (Å²) in [4.78, 5) is 47.0. The summed E-state index contributed by atoms with van der Waals surface area (Å²) in [7, 11) is -4.84. The Morgan fingerprint density at radius 2 is 1.82 bits per heavy atom. The topological polar surface area (TPSA) is 186 Å². The molecule has 0 bridgehead atoms. The number of phosphoric acid groups is 1. The molecule has 0 radical (unpaired) electrons. The van der Waals surface area contributed by atoms with Crippen molar-refractivity contribution in [3.8, 4) is 11.3 Å². The van der Waals surface area contributed by atoms with Gasteiger partial charge in [0.15, 0.2) is 12.0 Å². The van der Waals surface area contributed by atoms with Crippen molar-refractivity contribution in [2.75, 3.05) is 6.61 Å². The van der Waals surface area contributed by atoms with Gasteiger partial charge in [-0.1, -0.05) is 30.3 Å². The summed E-state index contributed by atoms with van der Waals surface area (Å²) in [5.74, 6) is 0.534. The van der Waals surface area contributed by atoms with Crippen LogP contribution in [0.1, 0.15) is 12.1 Å². The monoisotopic (exact) mass is 481 g/mol. The van der Waals surface area contributed by atoms with Gasteiger partial charge in [-0.25, -0.2) is 14.3 Å². The number of aliphatic hydroxyl groups excluding tert-OH is 2. The smallest absolute Gasteiger partial charge is 0.439 e. The Hall–Kier alpha value is -2.90. The highest BCUT2D eigenvalue weighted by atomic mass is 31.2. The fourth-order valence-corrected chi connectivity index (χ4v) is 3.73. The molecule has 1 fully saturated rings. The zero-order valence-electron chi connectivity index (χ0n) is 16.9. The Bertz CT molecular complexity index is 1280. The van der Waals surface area contributed by atoms with Gasteiger partial charge < -0.3 is 29.2 Å². The highest BCUT2D eigenvalue weighted by Gasteiger charge is 2.45. The van der Waals surface area contributed by atoms with Crippen LogP contribution in [-0.4, -0.2) is 59.0 Å². The maximum Gasteiger partial charge on any atom is 0.469 e. The third kappa shape index (κ3) is 5.04. The molecule has 4 atom stereocenters. The molecule has 176 valence electrons. The highest BCUT2D eigenvalue weighted by molar-refractivity contribution is 7.46. The molecule has 1 aliphatic heterocycles. The third-order valence-electron chi connectivity index (χ3n) is 5.02. The van der Waals surface area contributed by atoms with Crippen LogP contribution in [0, 0.1) is 0 Å². The van der Waals surface area contributed by atoms with Crippen LogP contribution < -0.4 is 11.2 Å². The van der Waals surface area contributed by atoms with E-state index >= 15 is 0 Å². The van der Waals surface area contributed by atoms with Crippen molar-refractivity contribution in [3.05, 3.63) is 75.5 Å². The van der Waals surface area contributed by atoms with Crippen LogP contribution in [0.3, 0.4) is 0 Å². The van der Waals surface area contributed by atoms with Gasteiger partial charge in [-0.05, 0) is 0 Å². The summed E-state index contributed by atoms with van der Waals surface area (Å²) in [6.45, 7) is -1.03. The Balaban J connectivity index is 1.58. The van der Waals surface area contributed by atoms with Crippen LogP contribution >= 0.6 is 7.82 Å². The Labute approximate surface area is 185 Å². The molecule has 14 heteroatoms. The fourth-order valence-electron chi connectivity index (χ4n) is 3.39. The maximum atomic E-state index is 13.0. The quantitative estimate of drug-likeness (QED) is 0.317. The van der Waals surface area contributed by atoms with Gasteiger partial charge >= 0.3 is 13.5 Å². The normalized spacial score (nSPS) is 23.2. The molecule has 1 aliphatic rings. The number of oxazole rings is 1. The van der Waals surface area contributed by atoms with Crippen LogP contribution in [0.25, 0.3) is 11.3 Å². The van der Waals surface area contributed by atoms with Gasteiger partial charge in [-0.3, -0.25) is 18.5 Å². The van der Waals surface area contributed by atoms with Crippen molar-refractivity contribution < 1.29 is 38.2 Å². The van der Waals surface area contributed by atoms with Gasteiger partial charge in [-0.2, -0.15) is 0 Å². The summed E-state index contributed by atoms with van der Waals surface area (Å²) < 4.78 is 27.9. The first kappa shape index (κ1) is 23.3. The largest absolute Gasteiger partial charge is 0.469 e. The molecule has 4 rings (SSSR count). The molecule has 0 saturated carbocycles. The second-order valence-electron chi connectivity index (χ2n) is 7.25. The average molecular weight is 481 g/mol. The van der Waals surface area contributed by atoms with Crippen molar-refractivity contribution in [2.45, 2.75) is 31.1 Å². The number of rotatable bonds is 7. The molecule has 0 amide bonds. The van der Waals surface area contributed by atoms with E-state index in [0.29, 0.717) is 5.76 Å². The molecule has 13 nitrogen and oxygen atoms in total. The van der Waals surface area contributed by atoms with Crippen molar-refractivity contribution in [2.24, 2.45) is 0 Å². The Morgan fingerprint density at radius 1 is 1.09 bits per heavy atom. The van der Waals surface area contributed by atoms with E-state index in [2.05, 4.69) is 9.51 Å². The van der Waals surface area contributed by atoms with E-state index in [0.717, 1.165) is 27.0 Å². The van der Waals surface area contributed by atoms with Gasteiger partial charge in [-0.15, -0.1) is 0 Å². The number of nitrogens with zero attached hydrogens (tertiary/aromatic N) is 3. The molecule has 1 saturated heterocycles. The fraction of sp³-hybridized carbons (Fsp3) is 0.316. The van der Waals surface area contributed by atoms with Crippen LogP contribution in [0.15, 0.2) is 62.8 Å². The first-order valence-electron chi connectivity index (χ1n) is 9.68. The average Bonchev–Trinajstić information content (AvgIpc) is 3.35. The zero-order chi connectivity index (χ0) is 23.8. The van der Waals surface area contributed by atoms with Gasteiger partial charge in [0.2, 0.25) is 5.89 Å². The number of hydrogen-bond acceptors (Lipinski definition) is 9. The Kier molecular flexibility index (Phi) is 6.45. The maximum absolute atomic E-state index is 13.0. The molecule has 0 spiro atoms. The number of aromatic nitrogens is 3. The van der Waals surface area contributed by atoms with Crippen molar-refractivity contribution >= 4 is 7.82 Å². The number of benzene rings is 1. The van der Waals surface area contributed by atoms with Gasteiger partial charge in [0.05, 0.1) is 12.8 Å². The van der Waals surface area contributed by atoms with Crippen LogP contribution in [0.4, 0.5) is 0 Å². The van der Waals surface area contributed by atoms with Gasteiger partial charge in [0.25, 0.3) is 5.56 Å². The van der Waals surface area contributed by atoms with E-state index in [9.17, 15) is 24.4 Å². The van der Waals surface area contributed by atoms with Gasteiger partial charge in [0, 0.05) is 17.8 Å². The van der Waals surface area contributed by atoms with E-state index in [1.165, 1.54) is 6.20 Å². The predicted molar refractivity (Wildman–Crippen MR) is 110 cm³/mol. The molecule has 33 heavy (non-hydrogen) atoms. The lowest BCUT2D eigenvalue weighted by molar-refractivity contribution is -0.0548. The lowest BCUT2D eigenvalue weighted by atomic mass is 10.1. The van der Waals surface area contributed by atoms with E-state index in [-0.39, 0.29) is 12.4 Å². The van der Waals surface area contributed by atoms with Crippen molar-refractivity contribution in [1.82, 2.24) is 14.1 Å². The molecular formula is C19H20N3O10P. The summed E-state index contributed by atoms with van der Waals surface area (Å²) in [6, 6.07) is 10.1. The lowest BCUT2D eigenvalue weighted by Crippen LogP contribution is -2.43. The van der Waals surface area contributed by atoms with E-state index < -0.39 is 50.2 Å². The van der Waals surface area contributed by atoms with E-state index in [4.69, 9.17) is 18.9 Å². The molecule has 2 unspecified atom stereocenters. The molecule has 4 N–H and O–H groups in total. The van der Waals surface area contributed by atoms with Crippen LogP contribution in [0.2, 0.25) is 0 Å². The number of aliphatic hydroxyl groups is 2. The molecule has 2 aromatic heterocycles. The number of hydrogen-bond donors (Lipinski definition) is 4. The number of ether oxygens (including phenoxy) is 1. The first-order chi connectivity index (χ1) is 15.6. The van der Waals surface area contributed by atoms with Gasteiger partial charge in [0.1, 0.15) is 24.9 Å². The summed E-state index contributed by atoms with van der Waals surface area (Å²) in [6.07, 6.45) is -3.46. The highest BCUT2D eigenvalue weighted by Crippen LogP contribution is 2.38. The zero-order valence-corrected chi connectivity index (χ0v) is 17.8. The van der Waals surface area contributed by atoms with Crippen molar-refractivity contribution in [1.29, 1.82) is 0 Å². The minimum atomic E-state index is -4.84. The van der Waals surface area contributed by atoms with E-state index in [1.54, 1.807) is 0 Å². The minimum Gasteiger partial charge on any atom is -0.439 e. The molecule has 1 aromatic carbocycles. The first-order valence-corrected chi connectivity index (χ1v) is 11.2. The van der Waals surface area contributed by atoms with E-state index in [1.807, 2.05) is 30.3 Å². The summed E-state index contributed by atoms with van der Waals surface area (Å²) >= 11 is 0. The Morgan fingerprint density at radius 3 is 2.52 bits per heavy atom. The minimum absolute atomic E-state index is 0.0895. The summed E-state index contributed by atoms with van der Waals surface area (Å²) in [5, 5.41) is 20.4. The third-order valence-corrected chi connectivity index (χ3v) is 5.50. The molecular weight excluding hydrogens is 461 g/mol. The summed E-state index contributed by atoms with van der Waals surface area (Å²) in [5.41, 5.74) is -0.783.